The SMILES string of the molecule is CN(C)[C@@H]1CN(C(=O)c2cn3c(n2)CCNCC3)CC[C@]1(O)c1ccccc1. The van der Waals surface area contributed by atoms with E-state index in [9.17, 15) is 9.90 Å². The van der Waals surface area contributed by atoms with Crippen LogP contribution in [-0.2, 0) is 18.6 Å². The summed E-state index contributed by atoms with van der Waals surface area (Å²) in [5.74, 6) is 0.922. The molecule has 1 fully saturated rings. The Morgan fingerprint density at radius 3 is 2.79 bits per heavy atom. The second-order valence-electron chi connectivity index (χ2n) is 8.01. The van der Waals surface area contributed by atoms with E-state index in [0.717, 1.165) is 37.4 Å². The van der Waals surface area contributed by atoms with Crippen molar-refractivity contribution in [3.63, 3.8) is 0 Å². The number of aromatic nitrogens is 2. The number of likely N-dealkylation sites (tertiary alicyclic amines) is 1. The number of carbonyl (C=O) groups is 1. The fourth-order valence-corrected chi connectivity index (χ4v) is 4.40. The molecule has 0 saturated carbocycles. The number of nitrogens with one attached hydrogen (secondary N) is 1. The molecule has 2 N–H and O–H groups in total. The van der Waals surface area contributed by atoms with Gasteiger partial charge in [-0.3, -0.25) is 4.79 Å². The van der Waals surface area contributed by atoms with Crippen LogP contribution < -0.4 is 5.32 Å². The number of nitrogens with zero attached hydrogens (tertiary/aromatic N) is 4. The summed E-state index contributed by atoms with van der Waals surface area (Å²) < 4.78 is 2.08. The summed E-state index contributed by atoms with van der Waals surface area (Å²) >= 11 is 0. The minimum Gasteiger partial charge on any atom is -0.383 e. The van der Waals surface area contributed by atoms with E-state index in [1.165, 1.54) is 0 Å². The van der Waals surface area contributed by atoms with Crippen molar-refractivity contribution in [1.82, 2.24) is 24.7 Å². The number of piperidine rings is 1. The van der Waals surface area contributed by atoms with Crippen LogP contribution in [0.3, 0.4) is 0 Å². The van der Waals surface area contributed by atoms with Gasteiger partial charge in [-0.1, -0.05) is 30.3 Å². The second-order valence-corrected chi connectivity index (χ2v) is 8.01. The van der Waals surface area contributed by atoms with Gasteiger partial charge in [0.1, 0.15) is 17.1 Å². The molecule has 2 aliphatic rings. The van der Waals surface area contributed by atoms with Gasteiger partial charge in [0.05, 0.1) is 6.04 Å². The van der Waals surface area contributed by atoms with E-state index in [1.807, 2.05) is 60.4 Å². The van der Waals surface area contributed by atoms with Crippen LogP contribution >= 0.6 is 0 Å². The molecule has 4 rings (SSSR count). The van der Waals surface area contributed by atoms with Gasteiger partial charge in [-0.2, -0.15) is 0 Å². The normalized spacial score (nSPS) is 25.4. The smallest absolute Gasteiger partial charge is 0.274 e. The minimum absolute atomic E-state index is 0.0458. The zero-order chi connectivity index (χ0) is 19.7. The van der Waals surface area contributed by atoms with Crippen molar-refractivity contribution in [1.29, 1.82) is 0 Å². The Morgan fingerprint density at radius 1 is 1.25 bits per heavy atom. The van der Waals surface area contributed by atoms with E-state index in [0.29, 0.717) is 25.2 Å². The van der Waals surface area contributed by atoms with Crippen molar-refractivity contribution in [3.8, 4) is 0 Å². The van der Waals surface area contributed by atoms with Gasteiger partial charge in [-0.05, 0) is 26.1 Å². The molecule has 2 atom stereocenters. The first kappa shape index (κ1) is 19.1. The fourth-order valence-electron chi connectivity index (χ4n) is 4.40. The molecule has 1 aromatic carbocycles. The van der Waals surface area contributed by atoms with Crippen molar-refractivity contribution in [2.45, 2.75) is 31.0 Å². The molecule has 0 aliphatic carbocycles. The zero-order valence-electron chi connectivity index (χ0n) is 16.6. The van der Waals surface area contributed by atoms with Crippen molar-refractivity contribution in [2.75, 3.05) is 40.3 Å². The van der Waals surface area contributed by atoms with E-state index in [4.69, 9.17) is 0 Å². The first-order valence-electron chi connectivity index (χ1n) is 9.99. The van der Waals surface area contributed by atoms with Crippen molar-refractivity contribution in [2.24, 2.45) is 0 Å². The number of benzene rings is 1. The van der Waals surface area contributed by atoms with E-state index < -0.39 is 5.60 Å². The number of rotatable bonds is 3. The van der Waals surface area contributed by atoms with Crippen LogP contribution in [0.1, 0.15) is 28.3 Å². The Kier molecular flexibility index (Phi) is 5.23. The maximum absolute atomic E-state index is 13.2. The van der Waals surface area contributed by atoms with Crippen LogP contribution in [0.15, 0.2) is 36.5 Å². The molecular formula is C21H29N5O2. The lowest BCUT2D eigenvalue weighted by molar-refractivity contribution is -0.0811. The molecule has 1 saturated heterocycles. The number of amides is 1. The Morgan fingerprint density at radius 2 is 2.04 bits per heavy atom. The molecule has 1 aromatic heterocycles. The maximum Gasteiger partial charge on any atom is 0.274 e. The average molecular weight is 383 g/mol. The van der Waals surface area contributed by atoms with Gasteiger partial charge >= 0.3 is 0 Å². The predicted molar refractivity (Wildman–Crippen MR) is 107 cm³/mol. The van der Waals surface area contributed by atoms with Gasteiger partial charge in [-0.25, -0.2) is 4.98 Å². The quantitative estimate of drug-likeness (QED) is 0.816. The highest BCUT2D eigenvalue weighted by Gasteiger charge is 2.45. The first-order valence-corrected chi connectivity index (χ1v) is 9.99. The number of hydrogen-bond donors (Lipinski definition) is 2. The van der Waals surface area contributed by atoms with Crippen LogP contribution in [0.5, 0.6) is 0 Å². The fraction of sp³-hybridized carbons (Fsp3) is 0.524. The molecule has 2 aromatic rings. The standard InChI is InChI=1S/C21H29N5O2/c1-24(2)18-15-26(12-9-21(18,28)16-6-4-3-5-7-16)20(27)17-14-25-13-11-22-10-8-19(25)23-17/h3-7,14,18,22,28H,8-13,15H2,1-2H3/t18-,21+/m1/s1. The number of aliphatic hydroxyl groups is 1. The summed E-state index contributed by atoms with van der Waals surface area (Å²) in [7, 11) is 3.91. The van der Waals surface area contributed by atoms with Crippen LogP contribution in [0.2, 0.25) is 0 Å². The molecule has 0 spiro atoms. The Hall–Kier alpha value is -2.22. The lowest BCUT2D eigenvalue weighted by atomic mass is 9.79. The van der Waals surface area contributed by atoms with Crippen LogP contribution in [0.25, 0.3) is 0 Å². The number of fused-ring (bicyclic) bond motifs is 1. The highest BCUT2D eigenvalue weighted by molar-refractivity contribution is 5.92. The number of hydrogen-bond acceptors (Lipinski definition) is 5. The summed E-state index contributed by atoms with van der Waals surface area (Å²) in [6, 6.07) is 9.60. The highest BCUT2D eigenvalue weighted by atomic mass is 16.3. The average Bonchev–Trinajstić information content (AvgIpc) is 2.98. The molecule has 0 unspecified atom stereocenters. The molecule has 0 bridgehead atoms. The number of imidazole rings is 1. The lowest BCUT2D eigenvalue weighted by Gasteiger charge is -2.47. The Bertz CT molecular complexity index is 811. The minimum atomic E-state index is -0.974. The molecule has 7 nitrogen and oxygen atoms in total. The third kappa shape index (κ3) is 3.45. The van der Waals surface area contributed by atoms with E-state index >= 15 is 0 Å². The van der Waals surface area contributed by atoms with Crippen molar-refractivity contribution in [3.05, 3.63) is 53.6 Å². The maximum atomic E-state index is 13.2. The monoisotopic (exact) mass is 383 g/mol. The number of carbonyl (C=O) groups excluding carboxylic acids is 1. The Balaban J connectivity index is 1.55. The lowest BCUT2D eigenvalue weighted by Crippen LogP contribution is -2.60. The van der Waals surface area contributed by atoms with Gasteiger partial charge < -0.3 is 24.8 Å². The predicted octanol–water partition coefficient (Wildman–Crippen LogP) is 0.693. The highest BCUT2D eigenvalue weighted by Crippen LogP contribution is 2.35. The van der Waals surface area contributed by atoms with Crippen molar-refractivity contribution >= 4 is 5.91 Å². The number of likely N-dealkylation sites (N-methyl/N-ethyl adjacent to an activating group) is 1. The molecule has 1 amide bonds. The van der Waals surface area contributed by atoms with Crippen LogP contribution in [0.4, 0.5) is 0 Å². The van der Waals surface area contributed by atoms with E-state index in [2.05, 4.69) is 14.9 Å². The zero-order valence-corrected chi connectivity index (χ0v) is 16.6. The summed E-state index contributed by atoms with van der Waals surface area (Å²) in [5, 5.41) is 14.8. The van der Waals surface area contributed by atoms with Crippen molar-refractivity contribution < 1.29 is 9.90 Å². The summed E-state index contributed by atoms with van der Waals surface area (Å²) in [6.07, 6.45) is 3.22. The van der Waals surface area contributed by atoms with Gasteiger partial charge in [-0.15, -0.1) is 0 Å². The molecule has 3 heterocycles. The van der Waals surface area contributed by atoms with Gasteiger partial charge in [0.25, 0.3) is 5.91 Å². The summed E-state index contributed by atoms with van der Waals surface area (Å²) in [6.45, 7) is 3.61. The molecule has 2 aliphatic heterocycles. The van der Waals surface area contributed by atoms with E-state index in [-0.39, 0.29) is 11.9 Å². The largest absolute Gasteiger partial charge is 0.383 e. The molecule has 7 heteroatoms. The molecule has 150 valence electrons. The van der Waals surface area contributed by atoms with Gasteiger partial charge in [0.15, 0.2) is 0 Å². The third-order valence-electron chi connectivity index (χ3n) is 6.02. The molecule has 0 radical (unpaired) electrons. The summed E-state index contributed by atoms with van der Waals surface area (Å²) in [4.78, 5) is 21.6. The third-order valence-corrected chi connectivity index (χ3v) is 6.02. The Labute approximate surface area is 166 Å². The molecular weight excluding hydrogens is 354 g/mol. The second kappa shape index (κ2) is 7.66. The van der Waals surface area contributed by atoms with Crippen LogP contribution in [0, 0.1) is 0 Å². The van der Waals surface area contributed by atoms with E-state index in [1.54, 1.807) is 0 Å². The topological polar surface area (TPSA) is 73.6 Å². The molecule has 28 heavy (non-hydrogen) atoms. The van der Waals surface area contributed by atoms with Gasteiger partial charge in [0, 0.05) is 45.3 Å². The van der Waals surface area contributed by atoms with Gasteiger partial charge in [0.2, 0.25) is 0 Å². The summed E-state index contributed by atoms with van der Waals surface area (Å²) in [5.41, 5.74) is 0.444. The first-order chi connectivity index (χ1) is 13.5. The van der Waals surface area contributed by atoms with Crippen LogP contribution in [-0.4, -0.2) is 76.7 Å².